The summed E-state index contributed by atoms with van der Waals surface area (Å²) in [6, 6.07) is 13.6. The minimum absolute atomic E-state index is 0.0750. The maximum Gasteiger partial charge on any atom is 0.240 e. The average Bonchev–Trinajstić information content (AvgIpc) is 2.99. The van der Waals surface area contributed by atoms with Gasteiger partial charge in [0.25, 0.3) is 0 Å². The van der Waals surface area contributed by atoms with Crippen molar-refractivity contribution in [3.8, 4) is 0 Å². The molecule has 1 fully saturated rings. The van der Waals surface area contributed by atoms with Crippen molar-refractivity contribution in [2.75, 3.05) is 5.32 Å². The number of carbonyl (C=O) groups is 2. The van der Waals surface area contributed by atoms with Crippen molar-refractivity contribution in [2.24, 2.45) is 16.1 Å². The van der Waals surface area contributed by atoms with E-state index in [-0.39, 0.29) is 18.2 Å². The van der Waals surface area contributed by atoms with Crippen LogP contribution in [0.15, 0.2) is 52.7 Å². The van der Waals surface area contributed by atoms with Crippen molar-refractivity contribution in [2.45, 2.75) is 32.4 Å². The van der Waals surface area contributed by atoms with Gasteiger partial charge in [0, 0.05) is 23.2 Å². The molecular weight excluding hydrogens is 360 g/mol. The lowest BCUT2D eigenvalue weighted by Gasteiger charge is -2.10. The van der Waals surface area contributed by atoms with Crippen LogP contribution in [0, 0.1) is 5.92 Å². The fourth-order valence-corrected chi connectivity index (χ4v) is 3.45. The highest BCUT2D eigenvalue weighted by atomic mass is 32.2. The Bertz CT molecular complexity index is 931. The van der Waals surface area contributed by atoms with E-state index in [1.54, 1.807) is 0 Å². The largest absolute Gasteiger partial charge is 0.325 e. The average molecular weight is 382 g/mol. The molecule has 1 aliphatic rings. The van der Waals surface area contributed by atoms with Gasteiger partial charge < -0.3 is 10.6 Å². The van der Waals surface area contributed by atoms with Crippen molar-refractivity contribution in [3.63, 3.8) is 0 Å². The second-order valence-electron chi connectivity index (χ2n) is 6.68. The van der Waals surface area contributed by atoms with E-state index in [2.05, 4.69) is 20.8 Å². The SMILES string of the molecule is CC(=NN=C1NC(=O)[C@H](CC(=O)Nc2cccc3ccccc23)S1)C(C)C. The molecule has 0 aliphatic carbocycles. The van der Waals surface area contributed by atoms with Gasteiger partial charge in [0.15, 0.2) is 5.17 Å². The zero-order valence-corrected chi connectivity index (χ0v) is 16.3. The maximum atomic E-state index is 12.4. The Balaban J connectivity index is 1.65. The first-order valence-corrected chi connectivity index (χ1v) is 9.69. The number of amides is 2. The summed E-state index contributed by atoms with van der Waals surface area (Å²) in [5.74, 6) is -0.134. The predicted octanol–water partition coefficient (Wildman–Crippen LogP) is 3.79. The molecule has 27 heavy (non-hydrogen) atoms. The van der Waals surface area contributed by atoms with Gasteiger partial charge in [0.05, 0.1) is 0 Å². The van der Waals surface area contributed by atoms with Crippen LogP contribution in [0.5, 0.6) is 0 Å². The molecular formula is C20H22N4O2S. The van der Waals surface area contributed by atoms with Crippen LogP contribution in [-0.4, -0.2) is 27.9 Å². The molecule has 2 amide bonds. The minimum atomic E-state index is -0.506. The van der Waals surface area contributed by atoms with E-state index in [0.717, 1.165) is 22.2 Å². The van der Waals surface area contributed by atoms with E-state index in [9.17, 15) is 9.59 Å². The Labute approximate surface area is 162 Å². The second-order valence-corrected chi connectivity index (χ2v) is 7.87. The molecule has 2 aromatic rings. The van der Waals surface area contributed by atoms with E-state index >= 15 is 0 Å². The fourth-order valence-electron chi connectivity index (χ4n) is 2.53. The number of anilines is 1. The van der Waals surface area contributed by atoms with Gasteiger partial charge in [-0.3, -0.25) is 9.59 Å². The van der Waals surface area contributed by atoms with Crippen LogP contribution in [0.4, 0.5) is 5.69 Å². The quantitative estimate of drug-likeness (QED) is 0.610. The molecule has 1 aliphatic heterocycles. The third-order valence-corrected chi connectivity index (χ3v) is 5.42. The highest BCUT2D eigenvalue weighted by Crippen LogP contribution is 2.26. The topological polar surface area (TPSA) is 82.9 Å². The van der Waals surface area contributed by atoms with Crippen LogP contribution in [0.2, 0.25) is 0 Å². The number of amidine groups is 1. The smallest absolute Gasteiger partial charge is 0.240 e. The number of carbonyl (C=O) groups excluding carboxylic acids is 2. The van der Waals surface area contributed by atoms with Gasteiger partial charge in [0.2, 0.25) is 11.8 Å². The van der Waals surface area contributed by atoms with Crippen molar-refractivity contribution in [1.82, 2.24) is 5.32 Å². The van der Waals surface area contributed by atoms with Crippen molar-refractivity contribution >= 4 is 50.9 Å². The monoisotopic (exact) mass is 382 g/mol. The molecule has 7 heteroatoms. The summed E-state index contributed by atoms with van der Waals surface area (Å²) in [6.45, 7) is 5.95. The highest BCUT2D eigenvalue weighted by molar-refractivity contribution is 8.15. The van der Waals surface area contributed by atoms with Crippen LogP contribution in [0.1, 0.15) is 27.2 Å². The zero-order chi connectivity index (χ0) is 19.4. The molecule has 0 bridgehead atoms. The Hall–Kier alpha value is -2.67. The summed E-state index contributed by atoms with van der Waals surface area (Å²) in [5.41, 5.74) is 1.63. The van der Waals surface area contributed by atoms with Gasteiger partial charge >= 0.3 is 0 Å². The van der Waals surface area contributed by atoms with Gasteiger partial charge in [-0.2, -0.15) is 5.10 Å². The summed E-state index contributed by atoms with van der Waals surface area (Å²) in [4.78, 5) is 24.6. The van der Waals surface area contributed by atoms with Crippen molar-refractivity contribution in [1.29, 1.82) is 0 Å². The molecule has 1 saturated heterocycles. The van der Waals surface area contributed by atoms with Crippen LogP contribution in [-0.2, 0) is 9.59 Å². The van der Waals surface area contributed by atoms with Crippen LogP contribution >= 0.6 is 11.8 Å². The summed E-state index contributed by atoms with van der Waals surface area (Å²) in [6.07, 6.45) is 0.0750. The molecule has 1 heterocycles. The summed E-state index contributed by atoms with van der Waals surface area (Å²) in [7, 11) is 0. The van der Waals surface area contributed by atoms with Gasteiger partial charge in [-0.1, -0.05) is 62.0 Å². The number of hydrogen-bond acceptors (Lipinski definition) is 5. The van der Waals surface area contributed by atoms with Gasteiger partial charge in [-0.05, 0) is 24.3 Å². The molecule has 0 spiro atoms. The number of benzene rings is 2. The summed E-state index contributed by atoms with van der Waals surface area (Å²) in [5, 5.41) is 15.8. The lowest BCUT2D eigenvalue weighted by atomic mass is 10.1. The molecule has 0 saturated carbocycles. The lowest BCUT2D eigenvalue weighted by Crippen LogP contribution is -2.28. The molecule has 2 aromatic carbocycles. The Morgan fingerprint density at radius 3 is 2.74 bits per heavy atom. The second kappa shape index (κ2) is 8.35. The van der Waals surface area contributed by atoms with E-state index in [0.29, 0.717) is 11.1 Å². The number of hydrogen-bond donors (Lipinski definition) is 2. The third kappa shape index (κ3) is 4.74. The van der Waals surface area contributed by atoms with E-state index in [4.69, 9.17) is 0 Å². The molecule has 1 atom stereocenters. The molecule has 3 rings (SSSR count). The van der Waals surface area contributed by atoms with E-state index < -0.39 is 5.25 Å². The molecule has 140 valence electrons. The standard InChI is InChI=1S/C20H22N4O2S/c1-12(2)13(3)23-24-20-22-19(26)17(27-20)11-18(25)21-16-10-6-8-14-7-4-5-9-15(14)16/h4-10,12,17H,11H2,1-3H3,(H,21,25)(H,22,24,26)/t17-/m0/s1. The first-order valence-electron chi connectivity index (χ1n) is 8.81. The van der Waals surface area contributed by atoms with Crippen LogP contribution in [0.25, 0.3) is 10.8 Å². The van der Waals surface area contributed by atoms with Gasteiger partial charge in [-0.15, -0.1) is 5.10 Å². The minimum Gasteiger partial charge on any atom is -0.325 e. The number of fused-ring (bicyclic) bond motifs is 1. The Morgan fingerprint density at radius 1 is 1.22 bits per heavy atom. The Morgan fingerprint density at radius 2 is 1.96 bits per heavy atom. The molecule has 6 nitrogen and oxygen atoms in total. The molecule has 2 N–H and O–H groups in total. The molecule has 0 aromatic heterocycles. The van der Waals surface area contributed by atoms with E-state index in [1.165, 1.54) is 11.8 Å². The van der Waals surface area contributed by atoms with Crippen LogP contribution in [0.3, 0.4) is 0 Å². The summed E-state index contributed by atoms with van der Waals surface area (Å²) < 4.78 is 0. The van der Waals surface area contributed by atoms with E-state index in [1.807, 2.05) is 63.2 Å². The van der Waals surface area contributed by atoms with Gasteiger partial charge in [0.1, 0.15) is 5.25 Å². The van der Waals surface area contributed by atoms with Crippen molar-refractivity contribution < 1.29 is 9.59 Å². The number of nitrogens with one attached hydrogen (secondary N) is 2. The number of thioether (sulfide) groups is 1. The first kappa shape index (κ1) is 19.1. The van der Waals surface area contributed by atoms with Crippen molar-refractivity contribution in [3.05, 3.63) is 42.5 Å². The third-order valence-electron chi connectivity index (χ3n) is 4.35. The molecule has 0 radical (unpaired) electrons. The first-order chi connectivity index (χ1) is 12.9. The molecule has 0 unspecified atom stereocenters. The lowest BCUT2D eigenvalue weighted by molar-refractivity contribution is -0.122. The summed E-state index contributed by atoms with van der Waals surface area (Å²) >= 11 is 1.24. The van der Waals surface area contributed by atoms with Crippen LogP contribution < -0.4 is 10.6 Å². The predicted molar refractivity (Wildman–Crippen MR) is 112 cm³/mol. The number of rotatable bonds is 5. The highest BCUT2D eigenvalue weighted by Gasteiger charge is 2.32. The zero-order valence-electron chi connectivity index (χ0n) is 15.5. The normalized spacial score (nSPS) is 19.0. The Kier molecular flexibility index (Phi) is 5.91. The van der Waals surface area contributed by atoms with Gasteiger partial charge in [-0.25, -0.2) is 0 Å². The maximum absolute atomic E-state index is 12.4. The fraction of sp³-hybridized carbons (Fsp3) is 0.300. The number of nitrogens with zero attached hydrogens (tertiary/aromatic N) is 2.